The van der Waals surface area contributed by atoms with Crippen molar-refractivity contribution in [2.75, 3.05) is 19.6 Å². The third kappa shape index (κ3) is 4.76. The number of hydrogen-bond donors (Lipinski definition) is 3. The summed E-state index contributed by atoms with van der Waals surface area (Å²) in [5, 5.41) is 2.44. The smallest absolute Gasteiger partial charge is 0.265 e. The second-order valence-corrected chi connectivity index (χ2v) is 7.90. The van der Waals surface area contributed by atoms with Gasteiger partial charge in [-0.2, -0.15) is 0 Å². The lowest BCUT2D eigenvalue weighted by Crippen LogP contribution is -2.53. The lowest BCUT2D eigenvalue weighted by Gasteiger charge is -2.28. The van der Waals surface area contributed by atoms with E-state index in [0.29, 0.717) is 22.0 Å². The Hall–Kier alpha value is -0.960. The van der Waals surface area contributed by atoms with E-state index in [0.717, 1.165) is 25.9 Å². The number of nitrogens with one attached hydrogen (secondary N) is 2. The van der Waals surface area contributed by atoms with Crippen LogP contribution in [0.5, 0.6) is 0 Å². The second-order valence-electron chi connectivity index (χ2n) is 5.36. The number of hydrazine groups is 1. The largest absolute Gasteiger partial charge is 0.288 e. The normalized spacial score (nSPS) is 15.9. The van der Waals surface area contributed by atoms with Gasteiger partial charge in [-0.3, -0.25) is 5.43 Å². The molecule has 1 aromatic carbocycles. The molecule has 0 aromatic heterocycles. The summed E-state index contributed by atoms with van der Waals surface area (Å²) in [6.45, 7) is 6.00. The molecule has 2 rings (SSSR count). The number of aryl methyl sites for hydroxylation is 1. The zero-order valence-electron chi connectivity index (χ0n) is 13.1. The van der Waals surface area contributed by atoms with E-state index in [1.165, 1.54) is 12.1 Å². The van der Waals surface area contributed by atoms with Crippen molar-refractivity contribution in [3.8, 4) is 0 Å². The molecule has 0 saturated heterocycles. The molecule has 23 heavy (non-hydrogen) atoms. The van der Waals surface area contributed by atoms with Gasteiger partial charge in [-0.25, -0.2) is 23.1 Å². The summed E-state index contributed by atoms with van der Waals surface area (Å²) in [5.41, 5.74) is 3.68. The van der Waals surface area contributed by atoms with Gasteiger partial charge < -0.3 is 0 Å². The Morgan fingerprint density at radius 2 is 2.22 bits per heavy atom. The van der Waals surface area contributed by atoms with Crippen LogP contribution in [0.1, 0.15) is 25.3 Å². The minimum absolute atomic E-state index is 0.0814. The fraction of sp³-hybridized carbons (Fsp3) is 0.500. The molecule has 128 valence electrons. The van der Waals surface area contributed by atoms with Gasteiger partial charge in [-0.15, -0.1) is 12.6 Å². The van der Waals surface area contributed by atoms with Crippen molar-refractivity contribution in [1.29, 1.82) is 0 Å². The summed E-state index contributed by atoms with van der Waals surface area (Å²) in [5.74, 6) is 0.229. The van der Waals surface area contributed by atoms with Crippen molar-refractivity contribution < 1.29 is 8.42 Å². The molecule has 6 nitrogen and oxygen atoms in total. The lowest BCUT2D eigenvalue weighted by atomic mass is 10.2. The van der Waals surface area contributed by atoms with E-state index in [1.807, 2.05) is 5.01 Å². The molecule has 0 radical (unpaired) electrons. The standard InChI is InChI=1S/C14H21ClN4O2S2/c1-3-4-6-19-7-5-16-14(17-19)18-23(20,21)13-8-10(2)11(15)9-12(13)22/h8-9,22H,3-7H2,1-2H3,(H2,16,17,18). The van der Waals surface area contributed by atoms with E-state index in [4.69, 9.17) is 11.6 Å². The van der Waals surface area contributed by atoms with E-state index < -0.39 is 10.0 Å². The number of benzene rings is 1. The molecule has 0 saturated carbocycles. The summed E-state index contributed by atoms with van der Waals surface area (Å²) in [4.78, 5) is 4.57. The maximum Gasteiger partial charge on any atom is 0.265 e. The Balaban J connectivity index is 2.15. The highest BCUT2D eigenvalue weighted by molar-refractivity contribution is 7.91. The molecule has 1 aliphatic rings. The maximum absolute atomic E-state index is 12.6. The number of nitrogens with zero attached hydrogens (tertiary/aromatic N) is 2. The summed E-state index contributed by atoms with van der Waals surface area (Å²) >= 11 is 10.2. The maximum atomic E-state index is 12.6. The summed E-state index contributed by atoms with van der Waals surface area (Å²) < 4.78 is 27.6. The van der Waals surface area contributed by atoms with Gasteiger partial charge in [0.15, 0.2) is 0 Å². The first kappa shape index (κ1) is 18.4. The highest BCUT2D eigenvalue weighted by Crippen LogP contribution is 2.26. The van der Waals surface area contributed by atoms with Crippen LogP contribution in [0.15, 0.2) is 26.9 Å². The minimum atomic E-state index is -3.78. The fourth-order valence-corrected chi connectivity index (χ4v) is 4.07. The lowest BCUT2D eigenvalue weighted by molar-refractivity contribution is 0.225. The highest BCUT2D eigenvalue weighted by Gasteiger charge is 2.22. The van der Waals surface area contributed by atoms with E-state index in [1.54, 1.807) is 6.92 Å². The Morgan fingerprint density at radius 3 is 2.91 bits per heavy atom. The molecule has 0 atom stereocenters. The number of halogens is 1. The van der Waals surface area contributed by atoms with Gasteiger partial charge >= 0.3 is 0 Å². The molecule has 0 spiro atoms. The van der Waals surface area contributed by atoms with Crippen LogP contribution in [-0.4, -0.2) is 39.0 Å². The summed E-state index contributed by atoms with van der Waals surface area (Å²) in [6.07, 6.45) is 2.10. The van der Waals surface area contributed by atoms with Gasteiger partial charge in [0.1, 0.15) is 4.90 Å². The second kappa shape index (κ2) is 7.74. The van der Waals surface area contributed by atoms with Crippen LogP contribution in [0, 0.1) is 6.92 Å². The van der Waals surface area contributed by atoms with Crippen LogP contribution in [0.25, 0.3) is 0 Å². The van der Waals surface area contributed by atoms with Crippen molar-refractivity contribution in [3.05, 3.63) is 22.7 Å². The topological polar surface area (TPSA) is 73.8 Å². The number of thiol groups is 1. The van der Waals surface area contributed by atoms with Crippen molar-refractivity contribution in [1.82, 2.24) is 15.2 Å². The molecular formula is C14H21ClN4O2S2. The molecule has 0 bridgehead atoms. The van der Waals surface area contributed by atoms with Crippen LogP contribution >= 0.6 is 24.2 Å². The number of guanidine groups is 1. The van der Waals surface area contributed by atoms with Crippen molar-refractivity contribution in [2.45, 2.75) is 36.5 Å². The Morgan fingerprint density at radius 1 is 1.48 bits per heavy atom. The first-order chi connectivity index (χ1) is 10.8. The van der Waals surface area contributed by atoms with Gasteiger partial charge in [0.05, 0.1) is 6.54 Å². The predicted molar refractivity (Wildman–Crippen MR) is 95.7 cm³/mol. The van der Waals surface area contributed by atoms with Gasteiger partial charge in [-0.1, -0.05) is 24.9 Å². The van der Waals surface area contributed by atoms with Gasteiger partial charge in [0, 0.05) is 23.0 Å². The van der Waals surface area contributed by atoms with E-state index in [9.17, 15) is 8.42 Å². The van der Waals surface area contributed by atoms with E-state index in [2.05, 4.69) is 34.7 Å². The predicted octanol–water partition coefficient (Wildman–Crippen LogP) is 2.19. The SMILES string of the molecule is CCCCN1CCN=C(NS(=O)(=O)c2cc(C)c(Cl)cc2S)N1. The van der Waals surface area contributed by atoms with Crippen LogP contribution in [0.2, 0.25) is 5.02 Å². The van der Waals surface area contributed by atoms with E-state index >= 15 is 0 Å². The quantitative estimate of drug-likeness (QED) is 0.689. The molecule has 0 fully saturated rings. The number of hydrogen-bond acceptors (Lipinski definition) is 6. The van der Waals surface area contributed by atoms with Crippen molar-refractivity contribution in [2.24, 2.45) is 4.99 Å². The molecular weight excluding hydrogens is 356 g/mol. The number of aliphatic imine (C=N–C) groups is 1. The third-order valence-electron chi connectivity index (χ3n) is 3.45. The van der Waals surface area contributed by atoms with Crippen LogP contribution in [0.4, 0.5) is 0 Å². The zero-order valence-corrected chi connectivity index (χ0v) is 15.6. The van der Waals surface area contributed by atoms with Gasteiger partial charge in [-0.05, 0) is 31.0 Å². The van der Waals surface area contributed by atoms with Gasteiger partial charge in [0.2, 0.25) is 5.96 Å². The molecule has 1 aliphatic heterocycles. The van der Waals surface area contributed by atoms with Crippen LogP contribution in [0.3, 0.4) is 0 Å². The number of rotatable bonds is 5. The average molecular weight is 377 g/mol. The molecule has 1 heterocycles. The monoisotopic (exact) mass is 376 g/mol. The highest BCUT2D eigenvalue weighted by atomic mass is 35.5. The molecule has 2 N–H and O–H groups in total. The Kier molecular flexibility index (Phi) is 6.19. The molecule has 1 aromatic rings. The molecule has 0 amide bonds. The fourth-order valence-electron chi connectivity index (χ4n) is 2.14. The first-order valence-electron chi connectivity index (χ1n) is 7.41. The number of sulfonamides is 1. The van der Waals surface area contributed by atoms with Crippen molar-refractivity contribution >= 4 is 40.2 Å². The first-order valence-corrected chi connectivity index (χ1v) is 9.72. The minimum Gasteiger partial charge on any atom is -0.288 e. The van der Waals surface area contributed by atoms with Gasteiger partial charge in [0.25, 0.3) is 10.0 Å². The Labute approximate surface area is 147 Å². The van der Waals surface area contributed by atoms with Crippen LogP contribution in [-0.2, 0) is 10.0 Å². The average Bonchev–Trinajstić information content (AvgIpc) is 2.48. The van der Waals surface area contributed by atoms with Crippen molar-refractivity contribution in [3.63, 3.8) is 0 Å². The number of unbranched alkanes of at least 4 members (excludes halogenated alkanes) is 1. The molecule has 0 unspecified atom stereocenters. The van der Waals surface area contributed by atoms with E-state index in [-0.39, 0.29) is 10.9 Å². The summed E-state index contributed by atoms with van der Waals surface area (Å²) in [7, 11) is -3.78. The van der Waals surface area contributed by atoms with Crippen LogP contribution < -0.4 is 10.1 Å². The summed E-state index contributed by atoms with van der Waals surface area (Å²) in [6, 6.07) is 3.03. The molecule has 0 aliphatic carbocycles. The third-order valence-corrected chi connectivity index (χ3v) is 5.75. The Bertz CT molecular complexity index is 707. The zero-order chi connectivity index (χ0) is 17.0. The molecule has 9 heteroatoms.